The number of hydrogen-bond acceptors (Lipinski definition) is 3. The Bertz CT molecular complexity index is 701. The normalized spacial score (nSPS) is 13.1. The van der Waals surface area contributed by atoms with Crippen molar-refractivity contribution in [1.29, 1.82) is 0 Å². The van der Waals surface area contributed by atoms with Crippen LogP contribution in [0.4, 0.5) is 0 Å². The molecule has 0 bridgehead atoms. The molecule has 2 N–H and O–H groups in total. The van der Waals surface area contributed by atoms with Crippen molar-refractivity contribution >= 4 is 22.6 Å². The third kappa shape index (κ3) is 1.79. The van der Waals surface area contributed by atoms with Gasteiger partial charge in [-0.3, -0.25) is 4.68 Å². The average molecular weight is 262 g/mol. The van der Waals surface area contributed by atoms with Crippen LogP contribution in [0.1, 0.15) is 17.5 Å². The van der Waals surface area contributed by atoms with Crippen molar-refractivity contribution in [3.8, 4) is 0 Å². The highest BCUT2D eigenvalue weighted by Gasteiger charge is 2.17. The molecule has 3 rings (SSSR count). The van der Waals surface area contributed by atoms with Crippen molar-refractivity contribution in [2.75, 3.05) is 0 Å². The van der Waals surface area contributed by atoms with Crippen LogP contribution < -0.4 is 5.73 Å². The minimum Gasteiger partial charge on any atom is -0.457 e. The largest absolute Gasteiger partial charge is 0.457 e. The predicted molar refractivity (Wildman–Crippen MR) is 70.5 cm³/mol. The Morgan fingerprint density at radius 2 is 2.22 bits per heavy atom. The molecular weight excluding hydrogens is 250 g/mol. The summed E-state index contributed by atoms with van der Waals surface area (Å²) in [6.07, 6.45) is 1.85. The molecule has 0 amide bonds. The van der Waals surface area contributed by atoms with Gasteiger partial charge < -0.3 is 10.2 Å². The number of aryl methyl sites for hydroxylation is 1. The van der Waals surface area contributed by atoms with Crippen LogP contribution >= 0.6 is 11.6 Å². The maximum absolute atomic E-state index is 6.13. The van der Waals surface area contributed by atoms with E-state index in [-0.39, 0.29) is 6.04 Å². The first kappa shape index (κ1) is 11.3. The molecule has 5 heteroatoms. The molecule has 18 heavy (non-hydrogen) atoms. The van der Waals surface area contributed by atoms with Gasteiger partial charge in [-0.2, -0.15) is 5.10 Å². The second kappa shape index (κ2) is 4.15. The first-order chi connectivity index (χ1) is 8.65. The summed E-state index contributed by atoms with van der Waals surface area (Å²) < 4.78 is 7.43. The molecule has 0 saturated heterocycles. The van der Waals surface area contributed by atoms with Crippen LogP contribution in [0, 0.1) is 0 Å². The van der Waals surface area contributed by atoms with Crippen molar-refractivity contribution in [3.63, 3.8) is 0 Å². The molecule has 92 valence electrons. The zero-order valence-electron chi connectivity index (χ0n) is 9.80. The van der Waals surface area contributed by atoms with E-state index < -0.39 is 0 Å². The molecule has 1 aromatic carbocycles. The maximum Gasteiger partial charge on any atom is 0.152 e. The molecule has 1 unspecified atom stereocenters. The fourth-order valence-electron chi connectivity index (χ4n) is 1.95. The smallest absolute Gasteiger partial charge is 0.152 e. The lowest BCUT2D eigenvalue weighted by Gasteiger charge is -2.04. The standard InChI is InChI=1S/C13H12ClN3O/c1-17-6-5-10(16-17)12(15)11-7-8-3-2-4-9(14)13(8)18-11/h2-7,12H,15H2,1H3. The molecule has 2 heterocycles. The van der Waals surface area contributed by atoms with Crippen molar-refractivity contribution < 1.29 is 4.42 Å². The number of rotatable bonds is 2. The van der Waals surface area contributed by atoms with Gasteiger partial charge in [0.2, 0.25) is 0 Å². The number of nitrogens with two attached hydrogens (primary N) is 1. The van der Waals surface area contributed by atoms with Gasteiger partial charge in [-0.1, -0.05) is 23.7 Å². The Balaban J connectivity index is 2.06. The number of aromatic nitrogens is 2. The van der Waals surface area contributed by atoms with Gasteiger partial charge >= 0.3 is 0 Å². The molecule has 4 nitrogen and oxygen atoms in total. The summed E-state index contributed by atoms with van der Waals surface area (Å²) in [5.74, 6) is 0.664. The topological polar surface area (TPSA) is 57.0 Å². The van der Waals surface area contributed by atoms with Crippen molar-refractivity contribution in [1.82, 2.24) is 9.78 Å². The molecule has 3 aromatic rings. The average Bonchev–Trinajstić information content (AvgIpc) is 2.95. The van der Waals surface area contributed by atoms with Crippen molar-refractivity contribution in [2.24, 2.45) is 12.8 Å². The van der Waals surface area contributed by atoms with Crippen LogP contribution in [0.15, 0.2) is 40.9 Å². The Labute approximate surface area is 109 Å². The highest BCUT2D eigenvalue weighted by atomic mass is 35.5. The monoisotopic (exact) mass is 261 g/mol. The minimum atomic E-state index is -0.380. The third-order valence-electron chi connectivity index (χ3n) is 2.87. The SMILES string of the molecule is Cn1ccc(C(N)c2cc3cccc(Cl)c3o2)n1. The van der Waals surface area contributed by atoms with Gasteiger partial charge in [-0.25, -0.2) is 0 Å². The van der Waals surface area contributed by atoms with Crippen molar-refractivity contribution in [3.05, 3.63) is 53.0 Å². The number of furan rings is 1. The Morgan fingerprint density at radius 3 is 2.89 bits per heavy atom. The summed E-state index contributed by atoms with van der Waals surface area (Å²) in [6, 6.07) is 9.02. The van der Waals surface area contributed by atoms with Crippen LogP contribution in [-0.2, 0) is 7.05 Å². The summed E-state index contributed by atoms with van der Waals surface area (Å²) in [5.41, 5.74) is 7.57. The highest BCUT2D eigenvalue weighted by Crippen LogP contribution is 2.30. The fraction of sp³-hybridized carbons (Fsp3) is 0.154. The van der Waals surface area contributed by atoms with E-state index in [0.717, 1.165) is 11.1 Å². The number of benzene rings is 1. The lowest BCUT2D eigenvalue weighted by molar-refractivity contribution is 0.518. The van der Waals surface area contributed by atoms with Gasteiger partial charge in [0, 0.05) is 18.6 Å². The molecule has 0 saturated carbocycles. The fourth-order valence-corrected chi connectivity index (χ4v) is 2.17. The van der Waals surface area contributed by atoms with Gasteiger partial charge in [0.15, 0.2) is 5.58 Å². The van der Waals surface area contributed by atoms with E-state index in [0.29, 0.717) is 16.4 Å². The second-order valence-corrected chi connectivity index (χ2v) is 4.61. The summed E-state index contributed by atoms with van der Waals surface area (Å²) in [6.45, 7) is 0. The Morgan fingerprint density at radius 1 is 1.39 bits per heavy atom. The van der Waals surface area contributed by atoms with E-state index >= 15 is 0 Å². The highest BCUT2D eigenvalue weighted by molar-refractivity contribution is 6.34. The molecule has 2 aromatic heterocycles. The van der Waals surface area contributed by atoms with E-state index in [1.54, 1.807) is 10.7 Å². The lowest BCUT2D eigenvalue weighted by Crippen LogP contribution is -2.11. The quantitative estimate of drug-likeness (QED) is 0.772. The van der Waals surface area contributed by atoms with Crippen LogP contribution in [0.3, 0.4) is 0 Å². The Kier molecular flexibility index (Phi) is 2.61. The van der Waals surface area contributed by atoms with Gasteiger partial charge in [0.1, 0.15) is 11.8 Å². The van der Waals surface area contributed by atoms with Crippen LogP contribution in [-0.4, -0.2) is 9.78 Å². The first-order valence-electron chi connectivity index (χ1n) is 5.58. The minimum absolute atomic E-state index is 0.380. The summed E-state index contributed by atoms with van der Waals surface area (Å²) in [5, 5.41) is 5.82. The van der Waals surface area contributed by atoms with Crippen molar-refractivity contribution in [2.45, 2.75) is 6.04 Å². The van der Waals surface area contributed by atoms with Gasteiger partial charge in [0.05, 0.1) is 10.7 Å². The first-order valence-corrected chi connectivity index (χ1v) is 5.96. The number of hydrogen-bond donors (Lipinski definition) is 1. The number of halogens is 1. The second-order valence-electron chi connectivity index (χ2n) is 4.20. The molecule has 0 spiro atoms. The molecule has 1 atom stereocenters. The summed E-state index contributed by atoms with van der Waals surface area (Å²) >= 11 is 6.07. The zero-order valence-corrected chi connectivity index (χ0v) is 10.6. The van der Waals surface area contributed by atoms with Crippen LogP contribution in [0.5, 0.6) is 0 Å². The maximum atomic E-state index is 6.13. The van der Waals surface area contributed by atoms with E-state index in [2.05, 4.69) is 5.10 Å². The molecule has 0 fully saturated rings. The van der Waals surface area contributed by atoms with E-state index in [4.69, 9.17) is 21.8 Å². The number of nitrogens with zero attached hydrogens (tertiary/aromatic N) is 2. The Hall–Kier alpha value is -1.78. The van der Waals surface area contributed by atoms with Gasteiger partial charge in [-0.05, 0) is 18.2 Å². The lowest BCUT2D eigenvalue weighted by atomic mass is 10.1. The van der Waals surface area contributed by atoms with Crippen LogP contribution in [0.25, 0.3) is 11.0 Å². The molecule has 0 aliphatic heterocycles. The van der Waals surface area contributed by atoms with Gasteiger partial charge in [0.25, 0.3) is 0 Å². The van der Waals surface area contributed by atoms with E-state index in [1.807, 2.05) is 37.5 Å². The van der Waals surface area contributed by atoms with E-state index in [1.165, 1.54) is 0 Å². The van der Waals surface area contributed by atoms with Crippen LogP contribution in [0.2, 0.25) is 5.02 Å². The number of para-hydroxylation sites is 1. The zero-order chi connectivity index (χ0) is 12.7. The van der Waals surface area contributed by atoms with E-state index in [9.17, 15) is 0 Å². The van der Waals surface area contributed by atoms with Gasteiger partial charge in [-0.15, -0.1) is 0 Å². The summed E-state index contributed by atoms with van der Waals surface area (Å²) in [7, 11) is 1.85. The molecule has 0 radical (unpaired) electrons. The predicted octanol–water partition coefficient (Wildman–Crippen LogP) is 2.87. The molecular formula is C13H12ClN3O. The summed E-state index contributed by atoms with van der Waals surface area (Å²) in [4.78, 5) is 0. The third-order valence-corrected chi connectivity index (χ3v) is 3.17. The molecule has 0 aliphatic carbocycles. The molecule has 0 aliphatic rings. The number of fused-ring (bicyclic) bond motifs is 1.